The van der Waals surface area contributed by atoms with Crippen LogP contribution in [0.2, 0.25) is 0 Å². The van der Waals surface area contributed by atoms with Crippen LogP contribution in [0, 0.1) is 5.92 Å². The molecule has 1 aromatic rings. The first-order valence-electron chi connectivity index (χ1n) is 5.03. The van der Waals surface area contributed by atoms with Gasteiger partial charge in [0, 0.05) is 5.25 Å². The minimum absolute atomic E-state index is 0.668. The fourth-order valence-corrected chi connectivity index (χ4v) is 3.98. The summed E-state index contributed by atoms with van der Waals surface area (Å²) in [4.78, 5) is 4.21. The topological polar surface area (TPSA) is 51.8 Å². The van der Waals surface area contributed by atoms with E-state index >= 15 is 0 Å². The summed E-state index contributed by atoms with van der Waals surface area (Å²) in [7, 11) is 0. The van der Waals surface area contributed by atoms with Crippen molar-refractivity contribution in [3.05, 3.63) is 6.33 Å². The lowest BCUT2D eigenvalue weighted by Crippen LogP contribution is -2.28. The molecule has 1 saturated carbocycles. The second kappa shape index (κ2) is 5.09. The Hall–Kier alpha value is -0.130. The fraction of sp³-hybridized carbons (Fsp3) is 0.778. The Morgan fingerprint density at radius 1 is 1.50 bits per heavy atom. The average Bonchev–Trinajstić information content (AvgIpc) is 2.71. The molecule has 2 N–H and O–H groups in total. The predicted molar refractivity (Wildman–Crippen MR) is 60.6 cm³/mol. The second-order valence-electron chi connectivity index (χ2n) is 3.64. The van der Waals surface area contributed by atoms with Crippen molar-refractivity contribution >= 4 is 23.3 Å². The van der Waals surface area contributed by atoms with Gasteiger partial charge in [-0.2, -0.15) is 4.37 Å². The van der Waals surface area contributed by atoms with Gasteiger partial charge in [0.2, 0.25) is 0 Å². The van der Waals surface area contributed by atoms with Crippen molar-refractivity contribution in [2.45, 2.75) is 35.3 Å². The lowest BCUT2D eigenvalue weighted by molar-refractivity contribution is 0.378. The van der Waals surface area contributed by atoms with Gasteiger partial charge in [0.05, 0.1) is 0 Å². The SMILES string of the molecule is NCC1CCCCC1Sc1ncns1. The number of hydrogen-bond acceptors (Lipinski definition) is 5. The normalized spacial score (nSPS) is 27.8. The predicted octanol–water partition coefficient (Wildman–Crippen LogP) is 2.15. The van der Waals surface area contributed by atoms with Crippen LogP contribution < -0.4 is 5.73 Å². The van der Waals surface area contributed by atoms with Gasteiger partial charge in [0.1, 0.15) is 6.33 Å². The highest BCUT2D eigenvalue weighted by Gasteiger charge is 2.25. The third-order valence-electron chi connectivity index (χ3n) is 2.74. The van der Waals surface area contributed by atoms with Gasteiger partial charge in [0.25, 0.3) is 0 Å². The van der Waals surface area contributed by atoms with Gasteiger partial charge in [-0.1, -0.05) is 24.6 Å². The zero-order valence-corrected chi connectivity index (χ0v) is 9.69. The third-order valence-corrected chi connectivity index (χ3v) is 4.94. The van der Waals surface area contributed by atoms with Crippen molar-refractivity contribution in [3.8, 4) is 0 Å². The van der Waals surface area contributed by atoms with E-state index in [2.05, 4.69) is 9.36 Å². The number of nitrogens with zero attached hydrogens (tertiary/aromatic N) is 2. The van der Waals surface area contributed by atoms with Crippen LogP contribution in [-0.4, -0.2) is 21.2 Å². The molecule has 0 aromatic carbocycles. The molecule has 5 heteroatoms. The standard InChI is InChI=1S/C9H15N3S2/c10-5-7-3-1-2-4-8(7)13-9-11-6-12-14-9/h6-8H,1-5,10H2. The average molecular weight is 229 g/mol. The van der Waals surface area contributed by atoms with Crippen molar-refractivity contribution in [1.29, 1.82) is 0 Å². The van der Waals surface area contributed by atoms with E-state index in [1.165, 1.54) is 37.2 Å². The Labute approximate surface area is 92.7 Å². The molecule has 0 bridgehead atoms. The summed E-state index contributed by atoms with van der Waals surface area (Å²) in [6.45, 7) is 0.816. The first-order valence-corrected chi connectivity index (χ1v) is 6.69. The summed E-state index contributed by atoms with van der Waals surface area (Å²) in [6, 6.07) is 0. The molecule has 0 saturated heterocycles. The summed E-state index contributed by atoms with van der Waals surface area (Å²) in [5, 5.41) is 0.668. The molecule has 1 fully saturated rings. The molecular formula is C9H15N3S2. The zero-order valence-electron chi connectivity index (χ0n) is 8.06. The van der Waals surface area contributed by atoms with Crippen molar-refractivity contribution in [1.82, 2.24) is 9.36 Å². The molecule has 0 aliphatic heterocycles. The van der Waals surface area contributed by atoms with Crippen LogP contribution in [0.3, 0.4) is 0 Å². The monoisotopic (exact) mass is 229 g/mol. The Morgan fingerprint density at radius 3 is 3.07 bits per heavy atom. The first-order chi connectivity index (χ1) is 6.90. The Morgan fingerprint density at radius 2 is 2.36 bits per heavy atom. The van der Waals surface area contributed by atoms with Gasteiger partial charge in [-0.15, -0.1) is 0 Å². The van der Waals surface area contributed by atoms with Crippen LogP contribution in [0.5, 0.6) is 0 Å². The molecule has 2 atom stereocenters. The maximum Gasteiger partial charge on any atom is 0.170 e. The summed E-state index contributed by atoms with van der Waals surface area (Å²) in [6.07, 6.45) is 6.88. The Bertz CT molecular complexity index is 263. The van der Waals surface area contributed by atoms with Crippen molar-refractivity contribution < 1.29 is 0 Å². The van der Waals surface area contributed by atoms with E-state index < -0.39 is 0 Å². The lowest BCUT2D eigenvalue weighted by Gasteiger charge is -2.29. The molecule has 3 nitrogen and oxygen atoms in total. The van der Waals surface area contributed by atoms with Crippen molar-refractivity contribution in [2.75, 3.05) is 6.54 Å². The zero-order chi connectivity index (χ0) is 9.80. The molecule has 78 valence electrons. The van der Waals surface area contributed by atoms with Crippen LogP contribution in [0.1, 0.15) is 25.7 Å². The maximum absolute atomic E-state index is 5.78. The molecule has 14 heavy (non-hydrogen) atoms. The van der Waals surface area contributed by atoms with E-state index in [0.717, 1.165) is 10.9 Å². The number of aromatic nitrogens is 2. The fourth-order valence-electron chi connectivity index (χ4n) is 1.94. The van der Waals surface area contributed by atoms with Crippen LogP contribution in [0.25, 0.3) is 0 Å². The minimum Gasteiger partial charge on any atom is -0.330 e. The Balaban J connectivity index is 1.94. The molecule has 0 amide bonds. The molecular weight excluding hydrogens is 214 g/mol. The summed E-state index contributed by atoms with van der Waals surface area (Å²) < 4.78 is 5.11. The highest BCUT2D eigenvalue weighted by molar-refractivity contribution is 8.01. The smallest absolute Gasteiger partial charge is 0.170 e. The summed E-state index contributed by atoms with van der Waals surface area (Å²) in [5.41, 5.74) is 5.78. The van der Waals surface area contributed by atoms with E-state index in [4.69, 9.17) is 5.73 Å². The van der Waals surface area contributed by atoms with Crippen LogP contribution in [0.15, 0.2) is 10.7 Å². The highest BCUT2D eigenvalue weighted by Crippen LogP contribution is 2.37. The van der Waals surface area contributed by atoms with Crippen LogP contribution >= 0.6 is 23.3 Å². The van der Waals surface area contributed by atoms with Crippen molar-refractivity contribution in [3.63, 3.8) is 0 Å². The quantitative estimate of drug-likeness (QED) is 0.863. The summed E-state index contributed by atoms with van der Waals surface area (Å²) >= 11 is 3.36. The summed E-state index contributed by atoms with van der Waals surface area (Å²) in [5.74, 6) is 0.678. The Kier molecular flexibility index (Phi) is 3.78. The van der Waals surface area contributed by atoms with Crippen LogP contribution in [0.4, 0.5) is 0 Å². The molecule has 2 rings (SSSR count). The van der Waals surface area contributed by atoms with E-state index in [1.54, 1.807) is 6.33 Å². The maximum atomic E-state index is 5.78. The van der Waals surface area contributed by atoms with E-state index in [1.807, 2.05) is 11.8 Å². The number of thioether (sulfide) groups is 1. The van der Waals surface area contributed by atoms with Crippen molar-refractivity contribution in [2.24, 2.45) is 11.7 Å². The molecule has 0 radical (unpaired) electrons. The first kappa shape index (κ1) is 10.4. The molecule has 1 aliphatic rings. The van der Waals surface area contributed by atoms with Gasteiger partial charge < -0.3 is 5.73 Å². The number of rotatable bonds is 3. The second-order valence-corrected chi connectivity index (χ2v) is 5.91. The molecule has 1 aromatic heterocycles. The van der Waals surface area contributed by atoms with Gasteiger partial charge in [0.15, 0.2) is 4.34 Å². The van der Waals surface area contributed by atoms with E-state index in [0.29, 0.717) is 11.2 Å². The largest absolute Gasteiger partial charge is 0.330 e. The molecule has 2 unspecified atom stereocenters. The van der Waals surface area contributed by atoms with E-state index in [9.17, 15) is 0 Å². The van der Waals surface area contributed by atoms with E-state index in [-0.39, 0.29) is 0 Å². The molecule has 1 aliphatic carbocycles. The van der Waals surface area contributed by atoms with Gasteiger partial charge in [-0.25, -0.2) is 4.98 Å². The van der Waals surface area contributed by atoms with Crippen LogP contribution in [-0.2, 0) is 0 Å². The number of nitrogens with two attached hydrogens (primary N) is 1. The minimum atomic E-state index is 0.668. The molecule has 0 spiro atoms. The molecule has 1 heterocycles. The van der Waals surface area contributed by atoms with Gasteiger partial charge in [-0.3, -0.25) is 0 Å². The number of hydrogen-bond donors (Lipinski definition) is 1. The van der Waals surface area contributed by atoms with Gasteiger partial charge in [-0.05, 0) is 36.8 Å². The third kappa shape index (κ3) is 2.46. The van der Waals surface area contributed by atoms with Gasteiger partial charge >= 0.3 is 0 Å². The highest BCUT2D eigenvalue weighted by atomic mass is 32.2. The lowest BCUT2D eigenvalue weighted by atomic mass is 9.89.